The molecule has 0 bridgehead atoms. The van der Waals surface area contributed by atoms with Gasteiger partial charge in [-0.05, 0) is 55.6 Å². The van der Waals surface area contributed by atoms with Crippen molar-refractivity contribution in [2.45, 2.75) is 19.4 Å². The Morgan fingerprint density at radius 2 is 2.14 bits per heavy atom. The molecule has 112 valence electrons. The molecule has 3 unspecified atom stereocenters. The fraction of sp³-hybridized carbons (Fsp3) is 0.588. The monoisotopic (exact) mass is 285 g/mol. The van der Waals surface area contributed by atoms with E-state index in [0.29, 0.717) is 11.6 Å². The van der Waals surface area contributed by atoms with Crippen LogP contribution in [0, 0.1) is 23.2 Å². The normalized spacial score (nSPS) is 28.3. The molecule has 0 amide bonds. The van der Waals surface area contributed by atoms with E-state index in [1.165, 1.54) is 26.1 Å². The Morgan fingerprint density at radius 1 is 1.33 bits per heavy atom. The van der Waals surface area contributed by atoms with Crippen LogP contribution in [0.1, 0.15) is 18.9 Å². The van der Waals surface area contributed by atoms with E-state index >= 15 is 0 Å². The highest BCUT2D eigenvalue weighted by Crippen LogP contribution is 2.33. The summed E-state index contributed by atoms with van der Waals surface area (Å²) < 4.78 is 5.82. The van der Waals surface area contributed by atoms with Crippen molar-refractivity contribution in [1.82, 2.24) is 10.2 Å². The van der Waals surface area contributed by atoms with Crippen LogP contribution in [0.15, 0.2) is 24.3 Å². The maximum Gasteiger partial charge on any atom is 0.119 e. The van der Waals surface area contributed by atoms with Gasteiger partial charge in [0.2, 0.25) is 0 Å². The molecular weight excluding hydrogens is 262 g/mol. The average Bonchev–Trinajstić information content (AvgIpc) is 3.08. The third-order valence-corrected chi connectivity index (χ3v) is 4.87. The predicted octanol–water partition coefficient (Wildman–Crippen LogP) is 1.87. The lowest BCUT2D eigenvalue weighted by Gasteiger charge is -2.26. The molecule has 4 nitrogen and oxygen atoms in total. The minimum atomic E-state index is 0.674. The Hall–Kier alpha value is -1.57. The van der Waals surface area contributed by atoms with E-state index in [4.69, 9.17) is 10.00 Å². The highest BCUT2D eigenvalue weighted by molar-refractivity contribution is 5.34. The van der Waals surface area contributed by atoms with E-state index in [-0.39, 0.29) is 0 Å². The van der Waals surface area contributed by atoms with Crippen LogP contribution in [0.2, 0.25) is 0 Å². The quantitative estimate of drug-likeness (QED) is 0.897. The molecule has 0 spiro atoms. The molecule has 0 radical (unpaired) electrons. The number of rotatable bonds is 5. The summed E-state index contributed by atoms with van der Waals surface area (Å²) >= 11 is 0. The number of fused-ring (bicyclic) bond motifs is 1. The van der Waals surface area contributed by atoms with Gasteiger partial charge in [0, 0.05) is 19.1 Å². The maximum absolute atomic E-state index is 8.78. The van der Waals surface area contributed by atoms with Crippen molar-refractivity contribution in [3.05, 3.63) is 29.8 Å². The van der Waals surface area contributed by atoms with Gasteiger partial charge in [-0.25, -0.2) is 0 Å². The summed E-state index contributed by atoms with van der Waals surface area (Å²) in [6.07, 6.45) is 1.22. The molecule has 2 saturated heterocycles. The topological polar surface area (TPSA) is 48.3 Å². The third kappa shape index (κ3) is 3.04. The minimum Gasteiger partial charge on any atom is -0.492 e. The van der Waals surface area contributed by atoms with Gasteiger partial charge in [0.05, 0.1) is 11.6 Å². The van der Waals surface area contributed by atoms with Crippen LogP contribution in [0.25, 0.3) is 0 Å². The lowest BCUT2D eigenvalue weighted by molar-refractivity contribution is 0.176. The highest BCUT2D eigenvalue weighted by Gasteiger charge is 2.42. The number of hydrogen-bond acceptors (Lipinski definition) is 4. The summed E-state index contributed by atoms with van der Waals surface area (Å²) in [4.78, 5) is 2.60. The van der Waals surface area contributed by atoms with E-state index in [2.05, 4.69) is 23.2 Å². The Morgan fingerprint density at radius 3 is 2.86 bits per heavy atom. The van der Waals surface area contributed by atoms with Crippen LogP contribution in [-0.2, 0) is 0 Å². The van der Waals surface area contributed by atoms with Gasteiger partial charge in [0.15, 0.2) is 0 Å². The number of ether oxygens (including phenoxy) is 1. The molecule has 2 aliphatic heterocycles. The second-order valence-electron chi connectivity index (χ2n) is 6.04. The molecule has 1 aromatic carbocycles. The van der Waals surface area contributed by atoms with Gasteiger partial charge < -0.3 is 10.1 Å². The van der Waals surface area contributed by atoms with Crippen LogP contribution in [0.4, 0.5) is 0 Å². The van der Waals surface area contributed by atoms with Gasteiger partial charge in [-0.1, -0.05) is 6.92 Å². The third-order valence-electron chi connectivity index (χ3n) is 4.87. The molecule has 2 fully saturated rings. The standard InChI is InChI=1S/C17H23N3O/c1-2-17-16-11-19-10-14(16)12-20(17)7-8-21-15-5-3-13(9-18)4-6-15/h3-6,14,16-17,19H,2,7-8,10-12H2,1H3. The van der Waals surface area contributed by atoms with Gasteiger partial charge in [0.1, 0.15) is 12.4 Å². The Kier molecular flexibility index (Phi) is 4.42. The molecule has 0 aromatic heterocycles. The summed E-state index contributed by atoms with van der Waals surface area (Å²) in [5, 5.41) is 12.3. The lowest BCUT2D eigenvalue weighted by Crippen LogP contribution is -2.37. The summed E-state index contributed by atoms with van der Waals surface area (Å²) in [6, 6.07) is 10.2. The zero-order valence-corrected chi connectivity index (χ0v) is 12.6. The molecule has 2 aliphatic rings. The van der Waals surface area contributed by atoms with Gasteiger partial charge in [-0.2, -0.15) is 5.26 Å². The Labute approximate surface area is 126 Å². The first-order valence-corrected chi connectivity index (χ1v) is 7.89. The fourth-order valence-corrected chi connectivity index (χ4v) is 3.84. The lowest BCUT2D eigenvalue weighted by atomic mass is 9.93. The number of nitrogens with one attached hydrogen (secondary N) is 1. The molecule has 3 atom stereocenters. The van der Waals surface area contributed by atoms with E-state index < -0.39 is 0 Å². The maximum atomic E-state index is 8.78. The van der Waals surface area contributed by atoms with Crippen molar-refractivity contribution in [1.29, 1.82) is 5.26 Å². The highest BCUT2D eigenvalue weighted by atomic mass is 16.5. The smallest absolute Gasteiger partial charge is 0.119 e. The van der Waals surface area contributed by atoms with Crippen LogP contribution in [0.5, 0.6) is 5.75 Å². The largest absolute Gasteiger partial charge is 0.492 e. The second kappa shape index (κ2) is 6.46. The molecule has 4 heteroatoms. The zero-order chi connectivity index (χ0) is 14.7. The number of nitrogens with zero attached hydrogens (tertiary/aromatic N) is 2. The summed E-state index contributed by atoms with van der Waals surface area (Å²) in [5.41, 5.74) is 0.674. The summed E-state index contributed by atoms with van der Waals surface area (Å²) in [5.74, 6) is 2.50. The number of nitriles is 1. The molecule has 3 rings (SSSR count). The molecule has 21 heavy (non-hydrogen) atoms. The van der Waals surface area contributed by atoms with Crippen LogP contribution in [0.3, 0.4) is 0 Å². The summed E-state index contributed by atoms with van der Waals surface area (Å²) in [6.45, 7) is 7.55. The van der Waals surface area contributed by atoms with E-state index in [1.54, 1.807) is 12.1 Å². The van der Waals surface area contributed by atoms with Crippen LogP contribution >= 0.6 is 0 Å². The number of benzene rings is 1. The van der Waals surface area contributed by atoms with Crippen LogP contribution in [-0.4, -0.2) is 43.7 Å². The molecule has 1 N–H and O–H groups in total. The second-order valence-corrected chi connectivity index (χ2v) is 6.04. The SMILES string of the molecule is CCC1C2CNCC2CN1CCOc1ccc(C#N)cc1. The van der Waals surface area contributed by atoms with E-state index in [9.17, 15) is 0 Å². The first-order chi connectivity index (χ1) is 10.3. The molecule has 1 aromatic rings. The van der Waals surface area contributed by atoms with Gasteiger partial charge in [-0.3, -0.25) is 4.90 Å². The molecule has 2 heterocycles. The zero-order valence-electron chi connectivity index (χ0n) is 12.6. The van der Waals surface area contributed by atoms with Crippen molar-refractivity contribution in [3.8, 4) is 11.8 Å². The molecule has 0 saturated carbocycles. The van der Waals surface area contributed by atoms with Crippen molar-refractivity contribution >= 4 is 0 Å². The van der Waals surface area contributed by atoms with Gasteiger partial charge >= 0.3 is 0 Å². The fourth-order valence-electron chi connectivity index (χ4n) is 3.84. The van der Waals surface area contributed by atoms with Gasteiger partial charge in [0.25, 0.3) is 0 Å². The number of likely N-dealkylation sites (tertiary alicyclic amines) is 1. The average molecular weight is 285 g/mol. The van der Waals surface area contributed by atoms with Crippen molar-refractivity contribution in [2.24, 2.45) is 11.8 Å². The first kappa shape index (κ1) is 14.4. The minimum absolute atomic E-state index is 0.674. The predicted molar refractivity (Wildman–Crippen MR) is 82.2 cm³/mol. The Balaban J connectivity index is 1.49. The van der Waals surface area contributed by atoms with E-state index in [1.807, 2.05) is 12.1 Å². The van der Waals surface area contributed by atoms with Crippen LogP contribution < -0.4 is 10.1 Å². The van der Waals surface area contributed by atoms with Crippen molar-refractivity contribution in [2.75, 3.05) is 32.8 Å². The molecular formula is C17H23N3O. The summed E-state index contributed by atoms with van der Waals surface area (Å²) in [7, 11) is 0. The number of hydrogen-bond donors (Lipinski definition) is 1. The molecule has 0 aliphatic carbocycles. The van der Waals surface area contributed by atoms with Gasteiger partial charge in [-0.15, -0.1) is 0 Å². The van der Waals surface area contributed by atoms with E-state index in [0.717, 1.165) is 30.7 Å². The van der Waals surface area contributed by atoms with Crippen molar-refractivity contribution < 1.29 is 4.74 Å². The Bertz CT molecular complexity index is 508. The van der Waals surface area contributed by atoms with Crippen molar-refractivity contribution in [3.63, 3.8) is 0 Å². The first-order valence-electron chi connectivity index (χ1n) is 7.89.